The third kappa shape index (κ3) is 3.61. The summed E-state index contributed by atoms with van der Waals surface area (Å²) >= 11 is 0. The third-order valence-corrected chi connectivity index (χ3v) is 3.87. The predicted molar refractivity (Wildman–Crippen MR) is 82.0 cm³/mol. The molecule has 0 spiro atoms. The number of benzene rings is 1. The van der Waals surface area contributed by atoms with Gasteiger partial charge in [0.2, 0.25) is 0 Å². The lowest BCUT2D eigenvalue weighted by atomic mass is 9.99. The van der Waals surface area contributed by atoms with Crippen molar-refractivity contribution in [3.05, 3.63) is 53.6 Å². The molecule has 0 N–H and O–H groups in total. The number of carbonyl (C=O) groups is 1. The smallest absolute Gasteiger partial charge is 0.338 e. The zero-order valence-corrected chi connectivity index (χ0v) is 12.1. The minimum atomic E-state index is -0.273. The fourth-order valence-electron chi connectivity index (χ4n) is 2.65. The number of ether oxygens (including phenoxy) is 2. The summed E-state index contributed by atoms with van der Waals surface area (Å²) < 4.78 is 10.8. The molecule has 1 aliphatic heterocycles. The van der Waals surface area contributed by atoms with Crippen LogP contribution in [-0.4, -0.2) is 25.3 Å². The van der Waals surface area contributed by atoms with Crippen molar-refractivity contribution in [2.24, 2.45) is 0 Å². The Morgan fingerprint density at radius 1 is 1.24 bits per heavy atom. The van der Waals surface area contributed by atoms with Crippen molar-refractivity contribution < 1.29 is 14.3 Å². The maximum atomic E-state index is 12.0. The van der Waals surface area contributed by atoms with Crippen molar-refractivity contribution in [3.63, 3.8) is 0 Å². The zero-order chi connectivity index (χ0) is 14.5. The molecule has 3 heteroatoms. The van der Waals surface area contributed by atoms with Crippen molar-refractivity contribution in [1.29, 1.82) is 0 Å². The average Bonchev–Trinajstić information content (AvgIpc) is 3.07. The van der Waals surface area contributed by atoms with E-state index in [2.05, 4.69) is 18.2 Å². The second kappa shape index (κ2) is 6.72. The Labute approximate surface area is 125 Å². The van der Waals surface area contributed by atoms with E-state index < -0.39 is 0 Å². The summed E-state index contributed by atoms with van der Waals surface area (Å²) in [5.74, 6) is -0.273. The maximum absolute atomic E-state index is 12.0. The number of hydrogen-bond donors (Lipinski definition) is 0. The first-order chi connectivity index (χ1) is 10.3. The highest BCUT2D eigenvalue weighted by Crippen LogP contribution is 2.22. The van der Waals surface area contributed by atoms with Crippen LogP contribution in [0.1, 0.15) is 41.6 Å². The minimum Gasteiger partial charge on any atom is -0.459 e. The maximum Gasteiger partial charge on any atom is 0.338 e. The van der Waals surface area contributed by atoms with Crippen molar-refractivity contribution in [3.8, 4) is 0 Å². The molecular weight excluding hydrogens is 264 g/mol. The predicted octanol–water partition coefficient (Wildman–Crippen LogP) is 3.76. The molecule has 3 nitrogen and oxygen atoms in total. The van der Waals surface area contributed by atoms with Crippen molar-refractivity contribution in [1.82, 2.24) is 0 Å². The van der Waals surface area contributed by atoms with Gasteiger partial charge in [-0.2, -0.15) is 0 Å². The van der Waals surface area contributed by atoms with Crippen LogP contribution in [0, 0.1) is 0 Å². The molecule has 0 bridgehead atoms. The average molecular weight is 284 g/mol. The molecule has 0 saturated carbocycles. The van der Waals surface area contributed by atoms with Crippen LogP contribution in [-0.2, 0) is 9.47 Å². The van der Waals surface area contributed by atoms with Crippen molar-refractivity contribution in [2.75, 3.05) is 13.2 Å². The van der Waals surface area contributed by atoms with Gasteiger partial charge in [0, 0.05) is 6.61 Å². The van der Waals surface area contributed by atoms with Gasteiger partial charge in [0.1, 0.15) is 6.61 Å². The van der Waals surface area contributed by atoms with E-state index >= 15 is 0 Å². The van der Waals surface area contributed by atoms with E-state index in [1.165, 1.54) is 5.57 Å². The number of allylic oxidation sites excluding steroid dienone is 4. The van der Waals surface area contributed by atoms with Gasteiger partial charge in [-0.05, 0) is 49.0 Å². The van der Waals surface area contributed by atoms with E-state index in [0.29, 0.717) is 12.2 Å². The van der Waals surface area contributed by atoms with E-state index in [4.69, 9.17) is 9.47 Å². The van der Waals surface area contributed by atoms with Crippen LogP contribution in [0.5, 0.6) is 0 Å². The summed E-state index contributed by atoms with van der Waals surface area (Å²) in [5, 5.41) is 0. The number of esters is 1. The van der Waals surface area contributed by atoms with Crippen LogP contribution in [0.15, 0.2) is 42.5 Å². The fraction of sp³-hybridized carbons (Fsp3) is 0.389. The summed E-state index contributed by atoms with van der Waals surface area (Å²) in [6.45, 7) is 1.13. The zero-order valence-electron chi connectivity index (χ0n) is 12.1. The molecule has 1 aromatic rings. The first kappa shape index (κ1) is 14.1. The van der Waals surface area contributed by atoms with E-state index in [0.717, 1.165) is 37.9 Å². The molecule has 1 aliphatic carbocycles. The van der Waals surface area contributed by atoms with Gasteiger partial charge < -0.3 is 9.47 Å². The molecule has 21 heavy (non-hydrogen) atoms. The van der Waals surface area contributed by atoms with Gasteiger partial charge in [-0.15, -0.1) is 0 Å². The topological polar surface area (TPSA) is 35.5 Å². The molecule has 110 valence electrons. The Kier molecular flexibility index (Phi) is 4.51. The number of rotatable bonds is 4. The highest BCUT2D eigenvalue weighted by Gasteiger charge is 2.18. The standard InChI is InChI=1S/C18H20O3/c19-18(21-13-17-7-4-12-20-17)16-10-8-15(9-11-16)14-5-2-1-3-6-14/h2,5-6,8-11,17H,1,3-4,7,12-13H2/t17-/m0/s1. The summed E-state index contributed by atoms with van der Waals surface area (Å²) in [6.07, 6.45) is 10.8. The molecule has 1 atom stereocenters. The van der Waals surface area contributed by atoms with Gasteiger partial charge in [0.05, 0.1) is 11.7 Å². The van der Waals surface area contributed by atoms with Crippen LogP contribution in [0.4, 0.5) is 0 Å². The monoisotopic (exact) mass is 284 g/mol. The Balaban J connectivity index is 1.59. The third-order valence-electron chi connectivity index (χ3n) is 3.87. The normalized spacial score (nSPS) is 21.1. The summed E-state index contributed by atoms with van der Waals surface area (Å²) in [4.78, 5) is 12.0. The van der Waals surface area contributed by atoms with Gasteiger partial charge in [0.15, 0.2) is 0 Å². The number of hydrogen-bond acceptors (Lipinski definition) is 3. The first-order valence-corrected chi connectivity index (χ1v) is 7.59. The summed E-state index contributed by atoms with van der Waals surface area (Å²) in [6, 6.07) is 7.61. The molecule has 1 fully saturated rings. The van der Waals surface area contributed by atoms with Gasteiger partial charge in [-0.3, -0.25) is 0 Å². The van der Waals surface area contributed by atoms with Crippen LogP contribution in [0.25, 0.3) is 5.57 Å². The van der Waals surface area contributed by atoms with Gasteiger partial charge >= 0.3 is 5.97 Å². The largest absolute Gasteiger partial charge is 0.459 e. The van der Waals surface area contributed by atoms with E-state index in [1.54, 1.807) is 0 Å². The Morgan fingerprint density at radius 2 is 2.10 bits per heavy atom. The Bertz CT molecular complexity index is 548. The quantitative estimate of drug-likeness (QED) is 0.790. The fourth-order valence-corrected chi connectivity index (χ4v) is 2.65. The minimum absolute atomic E-state index is 0.0748. The van der Waals surface area contributed by atoms with Crippen molar-refractivity contribution >= 4 is 11.5 Å². The highest BCUT2D eigenvalue weighted by molar-refractivity contribution is 5.90. The van der Waals surface area contributed by atoms with Crippen LogP contribution < -0.4 is 0 Å². The van der Waals surface area contributed by atoms with Gasteiger partial charge in [-0.1, -0.05) is 30.4 Å². The highest BCUT2D eigenvalue weighted by atomic mass is 16.6. The molecular formula is C18H20O3. The van der Waals surface area contributed by atoms with Crippen LogP contribution in [0.2, 0.25) is 0 Å². The van der Waals surface area contributed by atoms with E-state index in [9.17, 15) is 4.79 Å². The summed E-state index contributed by atoms with van der Waals surface area (Å²) in [5.41, 5.74) is 2.96. The lowest BCUT2D eigenvalue weighted by Gasteiger charge is -2.11. The molecule has 1 aromatic carbocycles. The molecule has 0 unspecified atom stereocenters. The van der Waals surface area contributed by atoms with Gasteiger partial charge in [-0.25, -0.2) is 4.79 Å². The number of carbonyl (C=O) groups excluding carboxylic acids is 1. The Hall–Kier alpha value is -1.87. The lowest BCUT2D eigenvalue weighted by molar-refractivity contribution is 0.0161. The second-order valence-electron chi connectivity index (χ2n) is 5.45. The van der Waals surface area contributed by atoms with E-state index in [1.807, 2.05) is 24.3 Å². The first-order valence-electron chi connectivity index (χ1n) is 7.59. The van der Waals surface area contributed by atoms with E-state index in [-0.39, 0.29) is 12.1 Å². The Morgan fingerprint density at radius 3 is 2.76 bits per heavy atom. The molecule has 2 aliphatic rings. The van der Waals surface area contributed by atoms with Crippen LogP contribution >= 0.6 is 0 Å². The molecule has 3 rings (SSSR count). The molecule has 1 saturated heterocycles. The van der Waals surface area contributed by atoms with Gasteiger partial charge in [0.25, 0.3) is 0 Å². The van der Waals surface area contributed by atoms with Crippen LogP contribution in [0.3, 0.4) is 0 Å². The molecule has 0 aromatic heterocycles. The molecule has 0 radical (unpaired) electrons. The lowest BCUT2D eigenvalue weighted by Crippen LogP contribution is -2.17. The summed E-state index contributed by atoms with van der Waals surface area (Å²) in [7, 11) is 0. The SMILES string of the molecule is O=C(OC[C@@H]1CCCO1)c1ccc(C2=CCCC=C2)cc1. The molecule has 0 amide bonds. The molecule has 1 heterocycles. The second-order valence-corrected chi connectivity index (χ2v) is 5.45. The van der Waals surface area contributed by atoms with Crippen molar-refractivity contribution in [2.45, 2.75) is 31.8 Å².